The highest BCUT2D eigenvalue weighted by atomic mass is 32.2. The SMILES string of the molecule is COc1ccccc1C1CC(=O)CS1. The lowest BCUT2D eigenvalue weighted by atomic mass is 10.1. The molecule has 2 rings (SSSR count). The van der Waals surface area contributed by atoms with Gasteiger partial charge in [-0.25, -0.2) is 0 Å². The lowest BCUT2D eigenvalue weighted by molar-refractivity contribution is -0.116. The van der Waals surface area contributed by atoms with Crippen LogP contribution in [-0.4, -0.2) is 18.6 Å². The summed E-state index contributed by atoms with van der Waals surface area (Å²) in [6.07, 6.45) is 0.644. The molecule has 1 unspecified atom stereocenters. The Bertz CT molecular complexity index is 349. The van der Waals surface area contributed by atoms with E-state index < -0.39 is 0 Å². The molecule has 1 aliphatic heterocycles. The first-order valence-electron chi connectivity index (χ1n) is 4.57. The van der Waals surface area contributed by atoms with Gasteiger partial charge in [-0.2, -0.15) is 0 Å². The molecule has 0 saturated carbocycles. The van der Waals surface area contributed by atoms with Gasteiger partial charge < -0.3 is 4.74 Å². The molecular formula is C11H12O2S. The Hall–Kier alpha value is -0.960. The summed E-state index contributed by atoms with van der Waals surface area (Å²) in [7, 11) is 1.67. The predicted molar refractivity (Wildman–Crippen MR) is 57.8 cm³/mol. The normalized spacial score (nSPS) is 21.2. The fourth-order valence-corrected chi connectivity index (χ4v) is 2.83. The molecule has 3 heteroatoms. The summed E-state index contributed by atoms with van der Waals surface area (Å²) in [5.41, 5.74) is 1.14. The van der Waals surface area contributed by atoms with E-state index >= 15 is 0 Å². The number of thioether (sulfide) groups is 1. The van der Waals surface area contributed by atoms with Crippen molar-refractivity contribution < 1.29 is 9.53 Å². The van der Waals surface area contributed by atoms with Crippen molar-refractivity contribution in [1.82, 2.24) is 0 Å². The van der Waals surface area contributed by atoms with Crippen LogP contribution in [0.3, 0.4) is 0 Å². The summed E-state index contributed by atoms with van der Waals surface area (Å²) >= 11 is 1.70. The number of ether oxygens (including phenoxy) is 1. The molecule has 74 valence electrons. The second-order valence-electron chi connectivity index (χ2n) is 3.28. The molecule has 1 aliphatic rings. The fourth-order valence-electron chi connectivity index (χ4n) is 1.65. The Morgan fingerprint density at radius 1 is 1.43 bits per heavy atom. The van der Waals surface area contributed by atoms with Crippen LogP contribution in [0.2, 0.25) is 0 Å². The Morgan fingerprint density at radius 2 is 2.21 bits per heavy atom. The number of carbonyl (C=O) groups excluding carboxylic acids is 1. The van der Waals surface area contributed by atoms with Crippen LogP contribution in [-0.2, 0) is 4.79 Å². The van der Waals surface area contributed by atoms with Gasteiger partial charge in [0.15, 0.2) is 0 Å². The van der Waals surface area contributed by atoms with Gasteiger partial charge in [0.1, 0.15) is 11.5 Å². The summed E-state index contributed by atoms with van der Waals surface area (Å²) in [4.78, 5) is 11.2. The van der Waals surface area contributed by atoms with Gasteiger partial charge >= 0.3 is 0 Å². The molecule has 0 spiro atoms. The van der Waals surface area contributed by atoms with Crippen molar-refractivity contribution in [3.8, 4) is 5.75 Å². The second kappa shape index (κ2) is 4.05. The molecule has 1 aromatic rings. The molecule has 1 atom stereocenters. The number of para-hydroxylation sites is 1. The Labute approximate surface area is 87.6 Å². The van der Waals surface area contributed by atoms with Crippen LogP contribution >= 0.6 is 11.8 Å². The van der Waals surface area contributed by atoms with Gasteiger partial charge in [-0.3, -0.25) is 4.79 Å². The van der Waals surface area contributed by atoms with Crippen LogP contribution in [0.5, 0.6) is 5.75 Å². The van der Waals surface area contributed by atoms with Crippen LogP contribution in [0.1, 0.15) is 17.2 Å². The molecule has 1 aromatic carbocycles. The van der Waals surface area contributed by atoms with Gasteiger partial charge in [0, 0.05) is 17.2 Å². The predicted octanol–water partition coefficient (Wildman–Crippen LogP) is 2.44. The Kier molecular flexibility index (Phi) is 2.77. The molecule has 1 heterocycles. The number of Topliss-reactive ketones (excluding diaryl/α,β-unsaturated/α-hetero) is 1. The first-order valence-corrected chi connectivity index (χ1v) is 5.62. The Morgan fingerprint density at radius 3 is 2.86 bits per heavy atom. The minimum Gasteiger partial charge on any atom is -0.496 e. The van der Waals surface area contributed by atoms with Crippen molar-refractivity contribution in [2.45, 2.75) is 11.7 Å². The van der Waals surface area contributed by atoms with Crippen LogP contribution in [0.25, 0.3) is 0 Å². The lowest BCUT2D eigenvalue weighted by Gasteiger charge is -2.12. The molecule has 0 aromatic heterocycles. The summed E-state index contributed by atoms with van der Waals surface area (Å²) in [6, 6.07) is 7.92. The average Bonchev–Trinajstić information content (AvgIpc) is 2.65. The van der Waals surface area contributed by atoms with E-state index in [0.717, 1.165) is 11.3 Å². The zero-order chi connectivity index (χ0) is 9.97. The van der Waals surface area contributed by atoms with E-state index in [0.29, 0.717) is 23.2 Å². The summed E-state index contributed by atoms with van der Waals surface area (Å²) < 4.78 is 5.27. The average molecular weight is 208 g/mol. The van der Waals surface area contributed by atoms with Crippen LogP contribution < -0.4 is 4.74 Å². The number of benzene rings is 1. The van der Waals surface area contributed by atoms with Gasteiger partial charge in [-0.05, 0) is 6.07 Å². The van der Waals surface area contributed by atoms with Gasteiger partial charge in [0.05, 0.1) is 12.9 Å². The molecule has 2 nitrogen and oxygen atoms in total. The third-order valence-corrected chi connectivity index (χ3v) is 3.66. The van der Waals surface area contributed by atoms with Crippen LogP contribution in [0.15, 0.2) is 24.3 Å². The molecule has 0 amide bonds. The van der Waals surface area contributed by atoms with E-state index in [1.165, 1.54) is 0 Å². The van der Waals surface area contributed by atoms with Crippen molar-refractivity contribution in [2.24, 2.45) is 0 Å². The molecule has 0 bridgehead atoms. The van der Waals surface area contributed by atoms with Crippen LogP contribution in [0.4, 0.5) is 0 Å². The maximum absolute atomic E-state index is 11.2. The second-order valence-corrected chi connectivity index (χ2v) is 4.48. The number of methoxy groups -OCH3 is 1. The summed E-state index contributed by atoms with van der Waals surface area (Å²) in [6.45, 7) is 0. The third kappa shape index (κ3) is 1.77. The van der Waals surface area contributed by atoms with E-state index in [4.69, 9.17) is 4.74 Å². The lowest BCUT2D eigenvalue weighted by Crippen LogP contribution is -1.96. The first-order chi connectivity index (χ1) is 6.81. The highest BCUT2D eigenvalue weighted by molar-refractivity contribution is 8.00. The van der Waals surface area contributed by atoms with E-state index in [1.54, 1.807) is 18.9 Å². The smallest absolute Gasteiger partial charge is 0.144 e. The quantitative estimate of drug-likeness (QED) is 0.746. The minimum atomic E-state index is 0.290. The topological polar surface area (TPSA) is 26.3 Å². The summed E-state index contributed by atoms with van der Waals surface area (Å²) in [5.74, 6) is 1.87. The van der Waals surface area contributed by atoms with E-state index in [1.807, 2.05) is 24.3 Å². The van der Waals surface area contributed by atoms with Gasteiger partial charge in [0.25, 0.3) is 0 Å². The van der Waals surface area contributed by atoms with Crippen molar-refractivity contribution in [2.75, 3.05) is 12.9 Å². The van der Waals surface area contributed by atoms with Crippen LogP contribution in [0, 0.1) is 0 Å². The molecule has 1 fully saturated rings. The number of ketones is 1. The number of carbonyl (C=O) groups is 1. The molecule has 14 heavy (non-hydrogen) atoms. The molecule has 1 saturated heterocycles. The molecular weight excluding hydrogens is 196 g/mol. The van der Waals surface area contributed by atoms with Crippen molar-refractivity contribution >= 4 is 17.5 Å². The fraction of sp³-hybridized carbons (Fsp3) is 0.364. The number of hydrogen-bond donors (Lipinski definition) is 0. The first kappa shape index (κ1) is 9.59. The highest BCUT2D eigenvalue weighted by Crippen LogP contribution is 2.41. The van der Waals surface area contributed by atoms with E-state index in [9.17, 15) is 4.79 Å². The van der Waals surface area contributed by atoms with Gasteiger partial charge in [-0.1, -0.05) is 18.2 Å². The Balaban J connectivity index is 2.27. The van der Waals surface area contributed by atoms with Gasteiger partial charge in [-0.15, -0.1) is 11.8 Å². The third-order valence-electron chi connectivity index (χ3n) is 2.34. The monoisotopic (exact) mass is 208 g/mol. The van der Waals surface area contributed by atoms with Crippen molar-refractivity contribution in [3.05, 3.63) is 29.8 Å². The number of rotatable bonds is 2. The molecule has 0 radical (unpaired) electrons. The summed E-state index contributed by atoms with van der Waals surface area (Å²) in [5, 5.41) is 0.290. The number of hydrogen-bond acceptors (Lipinski definition) is 3. The van der Waals surface area contributed by atoms with E-state index in [-0.39, 0.29) is 0 Å². The maximum atomic E-state index is 11.2. The maximum Gasteiger partial charge on any atom is 0.144 e. The standard InChI is InChI=1S/C11H12O2S/c1-13-10-5-3-2-4-9(10)11-6-8(12)7-14-11/h2-5,11H,6-7H2,1H3. The minimum absolute atomic E-state index is 0.290. The zero-order valence-corrected chi connectivity index (χ0v) is 8.84. The van der Waals surface area contributed by atoms with Gasteiger partial charge in [0.2, 0.25) is 0 Å². The molecule has 0 aliphatic carbocycles. The van der Waals surface area contributed by atoms with E-state index in [2.05, 4.69) is 0 Å². The van der Waals surface area contributed by atoms with Crippen molar-refractivity contribution in [1.29, 1.82) is 0 Å². The highest BCUT2D eigenvalue weighted by Gasteiger charge is 2.26. The van der Waals surface area contributed by atoms with Crippen molar-refractivity contribution in [3.63, 3.8) is 0 Å². The zero-order valence-electron chi connectivity index (χ0n) is 8.03. The molecule has 0 N–H and O–H groups in total. The largest absolute Gasteiger partial charge is 0.496 e.